The Morgan fingerprint density at radius 1 is 1.37 bits per heavy atom. The van der Waals surface area contributed by atoms with Crippen LogP contribution in [0.1, 0.15) is 17.4 Å². The molecule has 1 aromatic carbocycles. The molecule has 0 unspecified atom stereocenters. The lowest BCUT2D eigenvalue weighted by molar-refractivity contribution is 0.101. The van der Waals surface area contributed by atoms with Crippen LogP contribution in [0.15, 0.2) is 39.4 Å². The molecule has 0 saturated carbocycles. The topological polar surface area (TPSA) is 34.0 Å². The average molecular weight is 390 g/mol. The van der Waals surface area contributed by atoms with Gasteiger partial charge in [0.25, 0.3) is 5.91 Å². The molecular weight excluding hydrogens is 379 g/mol. The Hall–Kier alpha value is -1.14. The number of carbonyl (C=O) groups excluding carboxylic acids is 1. The minimum absolute atomic E-state index is 0.269. The zero-order chi connectivity index (χ0) is 14.0. The van der Waals surface area contributed by atoms with Gasteiger partial charge in [-0.15, -0.1) is 0 Å². The monoisotopic (exact) mass is 388 g/mol. The van der Waals surface area contributed by atoms with Gasteiger partial charge in [-0.1, -0.05) is 0 Å². The van der Waals surface area contributed by atoms with E-state index >= 15 is 0 Å². The number of nitrogens with zero attached hydrogens (tertiary/aromatic N) is 1. The molecule has 6 heteroatoms. The number of amides is 1. The third-order valence-corrected chi connectivity index (χ3v) is 3.69. The standard InChI is InChI=1S/C13H11Br2FN2O/c1-2-18-7-8(14)5-12(18)13(19)17-9-3-4-10(15)11(16)6-9/h3-7H,2H2,1H3,(H,17,19). The molecule has 1 aromatic heterocycles. The van der Waals surface area contributed by atoms with Gasteiger partial charge in [0.05, 0.1) is 4.47 Å². The van der Waals surface area contributed by atoms with Crippen LogP contribution in [0.4, 0.5) is 10.1 Å². The molecule has 1 N–H and O–H groups in total. The number of halogens is 3. The Labute approximate surface area is 127 Å². The lowest BCUT2D eigenvalue weighted by Gasteiger charge is -2.08. The summed E-state index contributed by atoms with van der Waals surface area (Å²) >= 11 is 6.40. The minimum atomic E-state index is -0.412. The summed E-state index contributed by atoms with van der Waals surface area (Å²) < 4.78 is 16.4. The van der Waals surface area contributed by atoms with Crippen molar-refractivity contribution in [1.29, 1.82) is 0 Å². The van der Waals surface area contributed by atoms with E-state index in [0.717, 1.165) is 4.47 Å². The molecule has 0 aliphatic heterocycles. The summed E-state index contributed by atoms with van der Waals surface area (Å²) in [6.45, 7) is 2.63. The molecule has 0 spiro atoms. The first-order chi connectivity index (χ1) is 9.01. The molecule has 0 bridgehead atoms. The van der Waals surface area contributed by atoms with Crippen LogP contribution in [0.25, 0.3) is 0 Å². The third kappa shape index (κ3) is 3.25. The van der Waals surface area contributed by atoms with Crippen molar-refractivity contribution in [3.8, 4) is 0 Å². The molecule has 0 saturated heterocycles. The average Bonchev–Trinajstić information content (AvgIpc) is 2.75. The summed E-state index contributed by atoms with van der Waals surface area (Å²) in [7, 11) is 0. The van der Waals surface area contributed by atoms with Crippen LogP contribution in [0.2, 0.25) is 0 Å². The van der Waals surface area contributed by atoms with Gasteiger partial charge in [-0.25, -0.2) is 4.39 Å². The fourth-order valence-corrected chi connectivity index (χ4v) is 2.41. The minimum Gasteiger partial charge on any atom is -0.343 e. The molecule has 0 atom stereocenters. The summed E-state index contributed by atoms with van der Waals surface area (Å²) in [6.07, 6.45) is 1.83. The zero-order valence-electron chi connectivity index (χ0n) is 10.1. The molecule has 19 heavy (non-hydrogen) atoms. The number of carbonyl (C=O) groups is 1. The molecule has 1 heterocycles. The number of aryl methyl sites for hydroxylation is 1. The number of benzene rings is 1. The normalized spacial score (nSPS) is 10.5. The molecule has 3 nitrogen and oxygen atoms in total. The molecule has 0 aliphatic rings. The maximum Gasteiger partial charge on any atom is 0.272 e. The van der Waals surface area contributed by atoms with Crippen molar-refractivity contribution >= 4 is 43.5 Å². The number of hydrogen-bond donors (Lipinski definition) is 1. The predicted molar refractivity (Wildman–Crippen MR) is 79.9 cm³/mol. The molecular formula is C13H11Br2FN2O. The molecule has 2 rings (SSSR count). The van der Waals surface area contributed by atoms with Crippen molar-refractivity contribution in [2.75, 3.05) is 5.32 Å². The van der Waals surface area contributed by atoms with Crippen molar-refractivity contribution in [1.82, 2.24) is 4.57 Å². The van der Waals surface area contributed by atoms with Crippen LogP contribution in [0, 0.1) is 5.82 Å². The van der Waals surface area contributed by atoms with Crippen molar-refractivity contribution in [3.05, 3.63) is 50.9 Å². The van der Waals surface area contributed by atoms with Crippen molar-refractivity contribution in [2.45, 2.75) is 13.5 Å². The lowest BCUT2D eigenvalue weighted by atomic mass is 10.3. The van der Waals surface area contributed by atoms with Crippen molar-refractivity contribution < 1.29 is 9.18 Å². The Balaban J connectivity index is 2.22. The maximum atomic E-state index is 13.4. The van der Waals surface area contributed by atoms with E-state index in [1.165, 1.54) is 6.07 Å². The number of rotatable bonds is 3. The van der Waals surface area contributed by atoms with Gasteiger partial charge in [-0.2, -0.15) is 0 Å². The van der Waals surface area contributed by atoms with Gasteiger partial charge in [0.1, 0.15) is 11.5 Å². The van der Waals surface area contributed by atoms with Gasteiger partial charge in [-0.05, 0) is 63.0 Å². The number of aromatic nitrogens is 1. The number of nitrogens with one attached hydrogen (secondary N) is 1. The van der Waals surface area contributed by atoms with E-state index in [4.69, 9.17) is 0 Å². The molecule has 0 radical (unpaired) electrons. The number of anilines is 1. The summed E-state index contributed by atoms with van der Waals surface area (Å²) in [4.78, 5) is 12.1. The van der Waals surface area contributed by atoms with Crippen LogP contribution in [-0.4, -0.2) is 10.5 Å². The van der Waals surface area contributed by atoms with Crippen LogP contribution in [-0.2, 0) is 6.54 Å². The highest BCUT2D eigenvalue weighted by atomic mass is 79.9. The van der Waals surface area contributed by atoms with Gasteiger partial charge in [0.2, 0.25) is 0 Å². The molecule has 1 amide bonds. The van der Waals surface area contributed by atoms with Gasteiger partial charge < -0.3 is 9.88 Å². The first-order valence-corrected chi connectivity index (χ1v) is 7.22. The van der Waals surface area contributed by atoms with Gasteiger partial charge in [0, 0.05) is 22.9 Å². The van der Waals surface area contributed by atoms with E-state index in [0.29, 0.717) is 22.4 Å². The summed E-state index contributed by atoms with van der Waals surface area (Å²) in [5.41, 5.74) is 0.948. The highest BCUT2D eigenvalue weighted by molar-refractivity contribution is 9.10. The smallest absolute Gasteiger partial charge is 0.272 e. The highest BCUT2D eigenvalue weighted by Gasteiger charge is 2.13. The Kier molecular flexibility index (Phi) is 4.42. The van der Waals surface area contributed by atoms with E-state index in [2.05, 4.69) is 37.2 Å². The van der Waals surface area contributed by atoms with E-state index in [1.54, 1.807) is 18.2 Å². The summed E-state index contributed by atoms with van der Waals surface area (Å²) in [5, 5.41) is 2.67. The molecule has 0 fully saturated rings. The Bertz CT molecular complexity index is 625. The van der Waals surface area contributed by atoms with Crippen LogP contribution in [0.3, 0.4) is 0 Å². The highest BCUT2D eigenvalue weighted by Crippen LogP contribution is 2.21. The van der Waals surface area contributed by atoms with Crippen molar-refractivity contribution in [2.24, 2.45) is 0 Å². The zero-order valence-corrected chi connectivity index (χ0v) is 13.3. The first kappa shape index (κ1) is 14.3. The SMILES string of the molecule is CCn1cc(Br)cc1C(=O)Nc1ccc(Br)c(F)c1. The Morgan fingerprint density at radius 3 is 2.74 bits per heavy atom. The molecule has 0 aliphatic carbocycles. The van der Waals surface area contributed by atoms with E-state index in [1.807, 2.05) is 17.7 Å². The largest absolute Gasteiger partial charge is 0.343 e. The Morgan fingerprint density at radius 2 is 2.11 bits per heavy atom. The fraction of sp³-hybridized carbons (Fsp3) is 0.154. The lowest BCUT2D eigenvalue weighted by Crippen LogP contribution is -2.16. The van der Waals surface area contributed by atoms with E-state index in [-0.39, 0.29) is 5.91 Å². The van der Waals surface area contributed by atoms with Crippen LogP contribution < -0.4 is 5.32 Å². The molecule has 2 aromatic rings. The fourth-order valence-electron chi connectivity index (χ4n) is 1.70. The van der Waals surface area contributed by atoms with E-state index in [9.17, 15) is 9.18 Å². The second-order valence-electron chi connectivity index (χ2n) is 3.91. The van der Waals surface area contributed by atoms with E-state index < -0.39 is 5.82 Å². The van der Waals surface area contributed by atoms with Crippen molar-refractivity contribution in [3.63, 3.8) is 0 Å². The molecule has 100 valence electrons. The van der Waals surface area contributed by atoms with Crippen LogP contribution >= 0.6 is 31.9 Å². The quantitative estimate of drug-likeness (QED) is 0.827. The maximum absolute atomic E-state index is 13.4. The van der Waals surface area contributed by atoms with Gasteiger partial charge in [-0.3, -0.25) is 4.79 Å². The van der Waals surface area contributed by atoms with Gasteiger partial charge in [0.15, 0.2) is 0 Å². The number of hydrogen-bond acceptors (Lipinski definition) is 1. The van der Waals surface area contributed by atoms with Gasteiger partial charge >= 0.3 is 0 Å². The first-order valence-electron chi connectivity index (χ1n) is 5.63. The third-order valence-electron chi connectivity index (χ3n) is 2.61. The summed E-state index contributed by atoms with van der Waals surface area (Å²) in [6, 6.07) is 6.20. The predicted octanol–water partition coefficient (Wildman–Crippen LogP) is 4.42. The second-order valence-corrected chi connectivity index (χ2v) is 5.68. The second kappa shape index (κ2) is 5.88. The van der Waals surface area contributed by atoms with Crippen LogP contribution in [0.5, 0.6) is 0 Å². The summed E-state index contributed by atoms with van der Waals surface area (Å²) in [5.74, 6) is -0.681.